The van der Waals surface area contributed by atoms with Gasteiger partial charge in [-0.1, -0.05) is 18.2 Å². The second kappa shape index (κ2) is 5.72. The van der Waals surface area contributed by atoms with E-state index < -0.39 is 5.97 Å². The van der Waals surface area contributed by atoms with Gasteiger partial charge in [-0.3, -0.25) is 9.78 Å². The van der Waals surface area contributed by atoms with Crippen molar-refractivity contribution in [2.24, 2.45) is 0 Å². The molecular weight excluding hydrogens is 264 g/mol. The van der Waals surface area contributed by atoms with Crippen LogP contribution in [-0.4, -0.2) is 29.1 Å². The van der Waals surface area contributed by atoms with Crippen molar-refractivity contribution in [1.82, 2.24) is 4.98 Å². The Labute approximate surface area is 124 Å². The number of aliphatic carboxylic acids is 1. The van der Waals surface area contributed by atoms with Gasteiger partial charge in [0.25, 0.3) is 0 Å². The molecule has 1 aromatic carbocycles. The summed E-state index contributed by atoms with van der Waals surface area (Å²) in [7, 11) is 0. The summed E-state index contributed by atoms with van der Waals surface area (Å²) < 4.78 is 0. The Morgan fingerprint density at radius 1 is 1.24 bits per heavy atom. The Bertz CT molecular complexity index is 676. The number of aromatic nitrogens is 1. The highest BCUT2D eigenvalue weighted by atomic mass is 16.4. The van der Waals surface area contributed by atoms with Crippen molar-refractivity contribution in [1.29, 1.82) is 0 Å². The molecule has 3 rings (SSSR count). The first-order valence-corrected chi connectivity index (χ1v) is 7.52. The third kappa shape index (κ3) is 2.71. The highest BCUT2D eigenvalue weighted by molar-refractivity contribution is 5.95. The molecule has 0 bridgehead atoms. The van der Waals surface area contributed by atoms with Gasteiger partial charge in [0.2, 0.25) is 0 Å². The second-order valence-corrected chi connectivity index (χ2v) is 5.66. The lowest BCUT2D eigenvalue weighted by Crippen LogP contribution is -2.31. The first kappa shape index (κ1) is 13.9. The lowest BCUT2D eigenvalue weighted by atomic mass is 10.00. The number of aryl methyl sites for hydroxylation is 1. The molecule has 0 amide bonds. The number of carboxylic acids is 1. The largest absolute Gasteiger partial charge is 0.481 e. The van der Waals surface area contributed by atoms with Crippen molar-refractivity contribution in [2.45, 2.75) is 32.6 Å². The van der Waals surface area contributed by atoms with Crippen molar-refractivity contribution in [3.05, 3.63) is 35.5 Å². The maximum absolute atomic E-state index is 11.2. The molecule has 110 valence electrons. The molecule has 1 fully saturated rings. The smallest absolute Gasteiger partial charge is 0.307 e. The van der Waals surface area contributed by atoms with Crippen LogP contribution < -0.4 is 4.90 Å². The van der Waals surface area contributed by atoms with Gasteiger partial charge in [0.1, 0.15) is 0 Å². The molecule has 1 aliphatic heterocycles. The van der Waals surface area contributed by atoms with Crippen LogP contribution in [0.15, 0.2) is 24.3 Å². The van der Waals surface area contributed by atoms with E-state index in [1.807, 2.05) is 25.1 Å². The fourth-order valence-corrected chi connectivity index (χ4v) is 3.20. The molecule has 0 radical (unpaired) electrons. The number of rotatable bonds is 3. The van der Waals surface area contributed by atoms with Gasteiger partial charge in [0, 0.05) is 29.7 Å². The van der Waals surface area contributed by atoms with Gasteiger partial charge in [-0.2, -0.15) is 0 Å². The molecule has 2 aromatic rings. The van der Waals surface area contributed by atoms with Crippen LogP contribution in [0.1, 0.15) is 30.5 Å². The van der Waals surface area contributed by atoms with Crippen molar-refractivity contribution in [2.75, 3.05) is 18.0 Å². The van der Waals surface area contributed by atoms with Crippen molar-refractivity contribution < 1.29 is 9.90 Å². The Balaban J connectivity index is 2.21. The first-order chi connectivity index (χ1) is 10.2. The Kier molecular flexibility index (Phi) is 3.78. The first-order valence-electron chi connectivity index (χ1n) is 7.52. The van der Waals surface area contributed by atoms with E-state index in [1.54, 1.807) is 0 Å². The zero-order valence-corrected chi connectivity index (χ0v) is 12.3. The van der Waals surface area contributed by atoms with E-state index >= 15 is 0 Å². The number of carboxylic acid groups (broad SMARTS) is 1. The molecule has 1 saturated heterocycles. The minimum absolute atomic E-state index is 0.0372. The van der Waals surface area contributed by atoms with Gasteiger partial charge >= 0.3 is 5.97 Å². The zero-order chi connectivity index (χ0) is 14.8. The van der Waals surface area contributed by atoms with Crippen LogP contribution in [0.2, 0.25) is 0 Å². The van der Waals surface area contributed by atoms with Gasteiger partial charge < -0.3 is 10.0 Å². The SMILES string of the molecule is Cc1nc2ccccc2c(N2CCCCC2)c1CC(=O)O. The predicted octanol–water partition coefficient (Wildman–Crippen LogP) is 3.16. The van der Waals surface area contributed by atoms with Crippen molar-refractivity contribution in [3.8, 4) is 0 Å². The molecule has 4 heteroatoms. The van der Waals surface area contributed by atoms with Gasteiger partial charge in [0.15, 0.2) is 0 Å². The van der Waals surface area contributed by atoms with Crippen LogP contribution in [0.25, 0.3) is 10.9 Å². The summed E-state index contributed by atoms with van der Waals surface area (Å²) in [4.78, 5) is 18.2. The number of hydrogen-bond donors (Lipinski definition) is 1. The molecule has 1 aromatic heterocycles. The van der Waals surface area contributed by atoms with Gasteiger partial charge in [-0.05, 0) is 32.3 Å². The summed E-state index contributed by atoms with van der Waals surface area (Å²) in [5, 5.41) is 10.3. The summed E-state index contributed by atoms with van der Waals surface area (Å²) in [6.45, 7) is 3.91. The van der Waals surface area contributed by atoms with Crippen molar-refractivity contribution >= 4 is 22.6 Å². The fraction of sp³-hybridized carbons (Fsp3) is 0.412. The Morgan fingerprint density at radius 2 is 1.95 bits per heavy atom. The number of anilines is 1. The van der Waals surface area contributed by atoms with Crippen LogP contribution >= 0.6 is 0 Å². The van der Waals surface area contributed by atoms with Crippen LogP contribution in [0.4, 0.5) is 5.69 Å². The van der Waals surface area contributed by atoms with E-state index in [4.69, 9.17) is 0 Å². The molecule has 0 spiro atoms. The predicted molar refractivity (Wildman–Crippen MR) is 83.9 cm³/mol. The highest BCUT2D eigenvalue weighted by Gasteiger charge is 2.21. The van der Waals surface area contributed by atoms with E-state index in [1.165, 1.54) is 19.3 Å². The number of para-hydroxylation sites is 1. The molecule has 4 nitrogen and oxygen atoms in total. The van der Waals surface area contributed by atoms with Crippen LogP contribution in [0.5, 0.6) is 0 Å². The third-order valence-corrected chi connectivity index (χ3v) is 4.17. The van der Waals surface area contributed by atoms with Crippen LogP contribution in [0, 0.1) is 6.92 Å². The summed E-state index contributed by atoms with van der Waals surface area (Å²) in [6, 6.07) is 8.03. The summed E-state index contributed by atoms with van der Waals surface area (Å²) >= 11 is 0. The number of pyridine rings is 1. The molecule has 2 heterocycles. The lowest BCUT2D eigenvalue weighted by Gasteiger charge is -2.32. The number of fused-ring (bicyclic) bond motifs is 1. The summed E-state index contributed by atoms with van der Waals surface area (Å²) in [5.74, 6) is -0.798. The van der Waals surface area contributed by atoms with E-state index in [9.17, 15) is 9.90 Å². The van der Waals surface area contributed by atoms with Gasteiger partial charge in [-0.15, -0.1) is 0 Å². The maximum Gasteiger partial charge on any atom is 0.307 e. The Hall–Kier alpha value is -2.10. The van der Waals surface area contributed by atoms with Gasteiger partial charge in [-0.25, -0.2) is 0 Å². The molecule has 0 saturated carbocycles. The standard InChI is InChI=1S/C17H20N2O2/c1-12-14(11-16(20)21)17(19-9-5-2-6-10-19)13-7-3-4-8-15(13)18-12/h3-4,7-8H,2,5-6,9-11H2,1H3,(H,20,21). The molecule has 0 unspecified atom stereocenters. The number of benzene rings is 1. The molecule has 1 N–H and O–H groups in total. The average Bonchev–Trinajstić information content (AvgIpc) is 2.48. The monoisotopic (exact) mass is 284 g/mol. The fourth-order valence-electron chi connectivity index (χ4n) is 3.20. The Morgan fingerprint density at radius 3 is 2.67 bits per heavy atom. The van der Waals surface area contributed by atoms with Gasteiger partial charge in [0.05, 0.1) is 17.6 Å². The summed E-state index contributed by atoms with van der Waals surface area (Å²) in [5.41, 5.74) is 3.73. The number of piperidine rings is 1. The third-order valence-electron chi connectivity index (χ3n) is 4.17. The molecule has 0 aliphatic carbocycles. The maximum atomic E-state index is 11.2. The molecular formula is C17H20N2O2. The topological polar surface area (TPSA) is 53.4 Å². The number of carbonyl (C=O) groups is 1. The summed E-state index contributed by atoms with van der Waals surface area (Å²) in [6.07, 6.45) is 3.63. The second-order valence-electron chi connectivity index (χ2n) is 5.66. The zero-order valence-electron chi connectivity index (χ0n) is 12.3. The number of nitrogens with zero attached hydrogens (tertiary/aromatic N) is 2. The quantitative estimate of drug-likeness (QED) is 0.940. The van der Waals surface area contributed by atoms with E-state index in [-0.39, 0.29) is 6.42 Å². The molecule has 0 atom stereocenters. The minimum Gasteiger partial charge on any atom is -0.481 e. The average molecular weight is 284 g/mol. The van der Waals surface area contributed by atoms with E-state index in [0.717, 1.165) is 40.9 Å². The van der Waals surface area contributed by atoms with Crippen LogP contribution in [-0.2, 0) is 11.2 Å². The highest BCUT2D eigenvalue weighted by Crippen LogP contribution is 2.33. The molecule has 21 heavy (non-hydrogen) atoms. The van der Waals surface area contributed by atoms with Crippen molar-refractivity contribution in [3.63, 3.8) is 0 Å². The lowest BCUT2D eigenvalue weighted by molar-refractivity contribution is -0.136. The van der Waals surface area contributed by atoms with E-state index in [0.29, 0.717) is 0 Å². The molecule has 1 aliphatic rings. The van der Waals surface area contributed by atoms with Crippen LogP contribution in [0.3, 0.4) is 0 Å². The normalized spacial score (nSPS) is 15.4. The minimum atomic E-state index is -0.798. The van der Waals surface area contributed by atoms with E-state index in [2.05, 4.69) is 16.0 Å². The number of hydrogen-bond acceptors (Lipinski definition) is 3.